The zero-order valence-corrected chi connectivity index (χ0v) is 7.10. The first-order valence-electron chi connectivity index (χ1n) is 4.22. The summed E-state index contributed by atoms with van der Waals surface area (Å²) < 4.78 is 0. The van der Waals surface area contributed by atoms with E-state index in [4.69, 9.17) is 10.9 Å². The van der Waals surface area contributed by atoms with Gasteiger partial charge in [-0.15, -0.1) is 0 Å². The number of nitrogen functional groups attached to an aromatic ring is 1. The van der Waals surface area contributed by atoms with E-state index >= 15 is 0 Å². The van der Waals surface area contributed by atoms with Crippen LogP contribution in [0.4, 0.5) is 0 Å². The number of aliphatic carboxylic acids is 1. The van der Waals surface area contributed by atoms with Gasteiger partial charge in [-0.2, -0.15) is 9.89 Å². The minimum atomic E-state index is -0.726. The highest BCUT2D eigenvalue weighted by Crippen LogP contribution is 2.24. The number of carboxylic acid groups (broad SMARTS) is 1. The molecule has 70 valence electrons. The number of carbonyl (C=O) groups is 1. The van der Waals surface area contributed by atoms with Gasteiger partial charge in [0.15, 0.2) is 0 Å². The molecule has 0 radical (unpaired) electrons. The number of rotatable bonds is 1. The highest BCUT2D eigenvalue weighted by atomic mass is 16.4. The molecule has 2 rings (SSSR count). The van der Waals surface area contributed by atoms with E-state index in [1.54, 1.807) is 6.20 Å². The summed E-state index contributed by atoms with van der Waals surface area (Å²) in [6, 6.07) is 0. The maximum atomic E-state index is 10.7. The lowest BCUT2D eigenvalue weighted by Crippen LogP contribution is -2.24. The number of aromatic nitrogens is 2. The summed E-state index contributed by atoms with van der Waals surface area (Å²) in [5.41, 5.74) is 1.94. The summed E-state index contributed by atoms with van der Waals surface area (Å²) in [6.07, 6.45) is 3.58. The fraction of sp³-hybridized carbons (Fsp3) is 0.500. The largest absolute Gasteiger partial charge is 0.481 e. The summed E-state index contributed by atoms with van der Waals surface area (Å²) in [7, 11) is 0. The molecule has 0 saturated heterocycles. The van der Waals surface area contributed by atoms with Gasteiger partial charge >= 0.3 is 5.97 Å². The molecule has 0 aliphatic heterocycles. The van der Waals surface area contributed by atoms with Crippen molar-refractivity contribution in [3.05, 3.63) is 17.5 Å². The lowest BCUT2D eigenvalue weighted by atomic mass is 9.88. The summed E-state index contributed by atoms with van der Waals surface area (Å²) in [6.45, 7) is 0. The van der Waals surface area contributed by atoms with Crippen LogP contribution in [-0.4, -0.2) is 21.0 Å². The van der Waals surface area contributed by atoms with Gasteiger partial charge in [0.1, 0.15) is 0 Å². The van der Waals surface area contributed by atoms with E-state index in [0.29, 0.717) is 19.3 Å². The van der Waals surface area contributed by atoms with Crippen LogP contribution in [0, 0.1) is 5.92 Å². The topological polar surface area (TPSA) is 81.1 Å². The summed E-state index contributed by atoms with van der Waals surface area (Å²) >= 11 is 0. The van der Waals surface area contributed by atoms with E-state index in [2.05, 4.69) is 5.10 Å². The number of nitrogens with two attached hydrogens (primary N) is 1. The molecular formula is C8H11N3O2. The highest BCUT2D eigenvalue weighted by molar-refractivity contribution is 5.70. The monoisotopic (exact) mass is 181 g/mol. The van der Waals surface area contributed by atoms with Gasteiger partial charge in [0.05, 0.1) is 17.8 Å². The van der Waals surface area contributed by atoms with Crippen LogP contribution in [0.1, 0.15) is 17.7 Å². The molecule has 5 heteroatoms. The van der Waals surface area contributed by atoms with Crippen molar-refractivity contribution < 1.29 is 9.90 Å². The summed E-state index contributed by atoms with van der Waals surface area (Å²) in [5.74, 6) is 4.55. The SMILES string of the molecule is Nn1ncc2c1CCC(C(=O)O)C2. The predicted octanol–water partition coefficient (Wildman–Crippen LogP) is -0.214. The molecule has 0 spiro atoms. The van der Waals surface area contributed by atoms with Crippen molar-refractivity contribution in [3.8, 4) is 0 Å². The zero-order chi connectivity index (χ0) is 9.42. The number of fused-ring (bicyclic) bond motifs is 1. The average molecular weight is 181 g/mol. The van der Waals surface area contributed by atoms with Crippen molar-refractivity contribution in [3.63, 3.8) is 0 Å². The van der Waals surface area contributed by atoms with Crippen molar-refractivity contribution in [2.45, 2.75) is 19.3 Å². The van der Waals surface area contributed by atoms with Gasteiger partial charge in [-0.1, -0.05) is 0 Å². The van der Waals surface area contributed by atoms with E-state index in [1.165, 1.54) is 4.79 Å². The molecule has 1 aromatic rings. The van der Waals surface area contributed by atoms with Gasteiger partial charge in [-0.3, -0.25) is 4.79 Å². The fourth-order valence-electron chi connectivity index (χ4n) is 1.76. The van der Waals surface area contributed by atoms with Gasteiger partial charge in [-0.25, -0.2) is 0 Å². The van der Waals surface area contributed by atoms with Crippen LogP contribution < -0.4 is 5.84 Å². The third-order valence-electron chi connectivity index (χ3n) is 2.53. The van der Waals surface area contributed by atoms with Crippen LogP contribution in [0.15, 0.2) is 6.20 Å². The maximum absolute atomic E-state index is 10.7. The smallest absolute Gasteiger partial charge is 0.306 e. The minimum absolute atomic E-state index is 0.267. The minimum Gasteiger partial charge on any atom is -0.481 e. The van der Waals surface area contributed by atoms with Crippen molar-refractivity contribution in [2.24, 2.45) is 5.92 Å². The molecule has 3 N–H and O–H groups in total. The van der Waals surface area contributed by atoms with Gasteiger partial charge in [0.25, 0.3) is 0 Å². The molecule has 1 atom stereocenters. The number of hydrogen-bond donors (Lipinski definition) is 2. The lowest BCUT2D eigenvalue weighted by Gasteiger charge is -2.18. The van der Waals surface area contributed by atoms with Crippen LogP contribution in [0.25, 0.3) is 0 Å². The molecule has 0 aromatic carbocycles. The van der Waals surface area contributed by atoms with Crippen LogP contribution >= 0.6 is 0 Å². The Balaban J connectivity index is 2.25. The molecule has 0 saturated carbocycles. The molecule has 1 aliphatic carbocycles. The van der Waals surface area contributed by atoms with Gasteiger partial charge in [0.2, 0.25) is 0 Å². The standard InChI is InChI=1S/C8H11N3O2/c9-11-7-2-1-5(8(12)13)3-6(7)4-10-11/h4-5H,1-3,9H2,(H,12,13). The molecule has 5 nitrogen and oxygen atoms in total. The van der Waals surface area contributed by atoms with E-state index in [0.717, 1.165) is 11.3 Å². The Bertz CT molecular complexity index is 345. The molecular weight excluding hydrogens is 170 g/mol. The molecule has 0 fully saturated rings. The highest BCUT2D eigenvalue weighted by Gasteiger charge is 2.26. The Kier molecular flexibility index (Phi) is 1.72. The number of hydrogen-bond acceptors (Lipinski definition) is 3. The van der Waals surface area contributed by atoms with Gasteiger partial charge in [0, 0.05) is 0 Å². The van der Waals surface area contributed by atoms with E-state index in [1.807, 2.05) is 0 Å². The summed E-state index contributed by atoms with van der Waals surface area (Å²) in [4.78, 5) is 12.1. The van der Waals surface area contributed by atoms with Crippen LogP contribution in [0.5, 0.6) is 0 Å². The Morgan fingerprint density at radius 2 is 2.54 bits per heavy atom. The van der Waals surface area contributed by atoms with Gasteiger partial charge < -0.3 is 10.9 Å². The Labute approximate surface area is 75.1 Å². The second kappa shape index (κ2) is 2.76. The molecule has 1 heterocycles. The van der Waals surface area contributed by atoms with Crippen LogP contribution in [-0.2, 0) is 17.6 Å². The van der Waals surface area contributed by atoms with E-state index < -0.39 is 5.97 Å². The Hall–Kier alpha value is -1.52. The normalized spacial score (nSPS) is 21.1. The molecule has 13 heavy (non-hydrogen) atoms. The van der Waals surface area contributed by atoms with Crippen molar-refractivity contribution in [1.82, 2.24) is 9.89 Å². The molecule has 1 aromatic heterocycles. The molecule has 0 bridgehead atoms. The quantitative estimate of drug-likeness (QED) is 0.587. The molecule has 1 unspecified atom stereocenters. The zero-order valence-electron chi connectivity index (χ0n) is 7.10. The third kappa shape index (κ3) is 1.26. The van der Waals surface area contributed by atoms with Crippen LogP contribution in [0.3, 0.4) is 0 Å². The lowest BCUT2D eigenvalue weighted by molar-refractivity contribution is -0.142. The fourth-order valence-corrected chi connectivity index (χ4v) is 1.76. The van der Waals surface area contributed by atoms with E-state index in [-0.39, 0.29) is 5.92 Å². The number of carboxylic acids is 1. The first-order valence-corrected chi connectivity index (χ1v) is 4.22. The Morgan fingerprint density at radius 3 is 3.23 bits per heavy atom. The number of nitrogens with zero attached hydrogens (tertiary/aromatic N) is 2. The average Bonchev–Trinajstić information content (AvgIpc) is 2.47. The van der Waals surface area contributed by atoms with Crippen molar-refractivity contribution in [1.29, 1.82) is 0 Å². The van der Waals surface area contributed by atoms with Crippen molar-refractivity contribution >= 4 is 5.97 Å². The first-order chi connectivity index (χ1) is 6.18. The second-order valence-electron chi connectivity index (χ2n) is 3.34. The predicted molar refractivity (Wildman–Crippen MR) is 45.5 cm³/mol. The summed E-state index contributed by atoms with van der Waals surface area (Å²) in [5, 5.41) is 12.7. The first kappa shape index (κ1) is 8.10. The van der Waals surface area contributed by atoms with E-state index in [9.17, 15) is 4.79 Å². The van der Waals surface area contributed by atoms with Gasteiger partial charge in [-0.05, 0) is 24.8 Å². The Morgan fingerprint density at radius 1 is 1.77 bits per heavy atom. The second-order valence-corrected chi connectivity index (χ2v) is 3.34. The molecule has 0 amide bonds. The third-order valence-corrected chi connectivity index (χ3v) is 2.53. The molecule has 1 aliphatic rings. The van der Waals surface area contributed by atoms with Crippen molar-refractivity contribution in [2.75, 3.05) is 5.84 Å². The maximum Gasteiger partial charge on any atom is 0.306 e. The van der Waals surface area contributed by atoms with Crippen LogP contribution in [0.2, 0.25) is 0 Å².